The Labute approximate surface area is 499 Å². The first-order chi connectivity index (χ1) is 39.5. The van der Waals surface area contributed by atoms with E-state index in [1.165, 1.54) is 308 Å². The summed E-state index contributed by atoms with van der Waals surface area (Å²) in [5, 5.41) is 23.2. The van der Waals surface area contributed by atoms with E-state index in [0.29, 0.717) is 19.4 Å². The first-order valence-corrected chi connectivity index (χ1v) is 35.9. The van der Waals surface area contributed by atoms with Crippen LogP contribution in [-0.4, -0.2) is 47.4 Å². The molecular weight excluding hydrogens is 983 g/mol. The zero-order chi connectivity index (χ0) is 57.8. The number of allylic oxidation sites excluding steroid dienone is 7. The molecule has 0 aliphatic carbocycles. The number of esters is 1. The molecule has 0 aliphatic heterocycles. The van der Waals surface area contributed by atoms with Gasteiger partial charge in [-0.1, -0.05) is 332 Å². The standard InChI is InChI=1S/C74H139NO5/c1-3-5-7-9-11-13-15-17-18-19-37-40-43-46-50-54-58-62-66-72(77)71(70-76)75-73(78)67-63-59-55-51-47-44-41-38-35-33-31-29-27-25-23-21-20-22-24-26-28-30-32-34-36-39-42-45-49-53-57-61-65-69-80-74(79)68-64-60-56-52-48-16-14-12-10-8-6-4-2/h12,14,24,26,30,32,62,66,71-72,76-77H,3-11,13,15-23,25,27-29,31,33-61,63-65,67-70H2,1-2H3,(H,75,78)/b14-12-,26-24-,32-30-,66-62+. The average Bonchev–Trinajstić information content (AvgIpc) is 3.46. The highest BCUT2D eigenvalue weighted by Crippen LogP contribution is 2.18. The number of amides is 1. The molecule has 0 aliphatic rings. The third-order valence-electron chi connectivity index (χ3n) is 16.6. The molecule has 2 atom stereocenters. The lowest BCUT2D eigenvalue weighted by Gasteiger charge is -2.20. The fourth-order valence-electron chi connectivity index (χ4n) is 11.1. The topological polar surface area (TPSA) is 95.9 Å². The van der Waals surface area contributed by atoms with Gasteiger partial charge in [-0.2, -0.15) is 0 Å². The van der Waals surface area contributed by atoms with E-state index in [9.17, 15) is 19.8 Å². The third kappa shape index (κ3) is 65.0. The van der Waals surface area contributed by atoms with E-state index in [0.717, 1.165) is 51.4 Å². The summed E-state index contributed by atoms with van der Waals surface area (Å²) >= 11 is 0. The minimum Gasteiger partial charge on any atom is -0.466 e. The van der Waals surface area contributed by atoms with Crippen LogP contribution in [0.5, 0.6) is 0 Å². The Morgan fingerprint density at radius 2 is 0.625 bits per heavy atom. The molecule has 470 valence electrons. The second kappa shape index (κ2) is 69.3. The number of nitrogens with one attached hydrogen (secondary N) is 1. The summed E-state index contributed by atoms with van der Waals surface area (Å²) in [5.41, 5.74) is 0. The molecule has 3 N–H and O–H groups in total. The van der Waals surface area contributed by atoms with E-state index in [1.807, 2.05) is 6.08 Å². The van der Waals surface area contributed by atoms with Gasteiger partial charge in [0.2, 0.25) is 5.91 Å². The lowest BCUT2D eigenvalue weighted by molar-refractivity contribution is -0.143. The van der Waals surface area contributed by atoms with E-state index < -0.39 is 12.1 Å². The summed E-state index contributed by atoms with van der Waals surface area (Å²) in [6.07, 6.45) is 90.6. The van der Waals surface area contributed by atoms with Crippen molar-refractivity contribution in [3.8, 4) is 0 Å². The number of carbonyl (C=O) groups excluding carboxylic acids is 2. The largest absolute Gasteiger partial charge is 0.466 e. The first kappa shape index (κ1) is 77.8. The summed E-state index contributed by atoms with van der Waals surface area (Å²) in [7, 11) is 0. The number of aliphatic hydroxyl groups excluding tert-OH is 2. The zero-order valence-electron chi connectivity index (χ0n) is 53.8. The van der Waals surface area contributed by atoms with Crippen molar-refractivity contribution in [1.29, 1.82) is 0 Å². The van der Waals surface area contributed by atoms with Gasteiger partial charge in [-0.25, -0.2) is 0 Å². The second-order valence-electron chi connectivity index (χ2n) is 24.6. The maximum atomic E-state index is 12.5. The predicted octanol–water partition coefficient (Wildman–Crippen LogP) is 23.3. The zero-order valence-corrected chi connectivity index (χ0v) is 53.8. The van der Waals surface area contributed by atoms with Crippen LogP contribution in [0.25, 0.3) is 0 Å². The van der Waals surface area contributed by atoms with Crippen LogP contribution < -0.4 is 5.32 Å². The molecule has 0 saturated heterocycles. The fourth-order valence-corrected chi connectivity index (χ4v) is 11.1. The number of aliphatic hydroxyl groups is 2. The summed E-state index contributed by atoms with van der Waals surface area (Å²) in [4.78, 5) is 24.5. The predicted molar refractivity (Wildman–Crippen MR) is 352 cm³/mol. The van der Waals surface area contributed by atoms with Gasteiger partial charge >= 0.3 is 5.97 Å². The van der Waals surface area contributed by atoms with Crippen LogP contribution in [0.2, 0.25) is 0 Å². The van der Waals surface area contributed by atoms with Crippen LogP contribution in [0.15, 0.2) is 48.6 Å². The molecule has 2 unspecified atom stereocenters. The van der Waals surface area contributed by atoms with Crippen molar-refractivity contribution < 1.29 is 24.5 Å². The number of hydrogen-bond donors (Lipinski definition) is 3. The third-order valence-corrected chi connectivity index (χ3v) is 16.6. The molecule has 1 amide bonds. The molecule has 6 nitrogen and oxygen atoms in total. The van der Waals surface area contributed by atoms with Gasteiger partial charge in [0.15, 0.2) is 0 Å². The molecule has 0 saturated carbocycles. The molecule has 0 rings (SSSR count). The van der Waals surface area contributed by atoms with E-state index >= 15 is 0 Å². The lowest BCUT2D eigenvalue weighted by atomic mass is 10.0. The highest BCUT2D eigenvalue weighted by Gasteiger charge is 2.18. The molecule has 0 radical (unpaired) electrons. The second-order valence-corrected chi connectivity index (χ2v) is 24.6. The van der Waals surface area contributed by atoms with Crippen LogP contribution in [0, 0.1) is 0 Å². The molecule has 0 aromatic heterocycles. The molecule has 0 fully saturated rings. The quantitative estimate of drug-likeness (QED) is 0.0320. The van der Waals surface area contributed by atoms with Crippen molar-refractivity contribution in [3.05, 3.63) is 48.6 Å². The molecule has 0 bridgehead atoms. The molecule has 0 heterocycles. The van der Waals surface area contributed by atoms with E-state index in [1.54, 1.807) is 6.08 Å². The minimum absolute atomic E-state index is 0.00383. The van der Waals surface area contributed by atoms with Crippen molar-refractivity contribution in [2.75, 3.05) is 13.2 Å². The summed E-state index contributed by atoms with van der Waals surface area (Å²) < 4.78 is 5.47. The Morgan fingerprint density at radius 3 is 0.988 bits per heavy atom. The maximum absolute atomic E-state index is 12.5. The van der Waals surface area contributed by atoms with Gasteiger partial charge in [-0.15, -0.1) is 0 Å². The van der Waals surface area contributed by atoms with E-state index in [-0.39, 0.29) is 18.5 Å². The minimum atomic E-state index is -0.844. The molecule has 0 spiro atoms. The van der Waals surface area contributed by atoms with Gasteiger partial charge in [0, 0.05) is 12.8 Å². The van der Waals surface area contributed by atoms with Crippen LogP contribution >= 0.6 is 0 Å². The number of rotatable bonds is 67. The van der Waals surface area contributed by atoms with Gasteiger partial charge < -0.3 is 20.3 Å². The molecule has 0 aromatic rings. The summed E-state index contributed by atoms with van der Waals surface area (Å²) in [5.74, 6) is -0.0595. The van der Waals surface area contributed by atoms with E-state index in [2.05, 4.69) is 55.6 Å². The fraction of sp³-hybridized carbons (Fsp3) is 0.865. The Kier molecular flexibility index (Phi) is 67.4. The smallest absolute Gasteiger partial charge is 0.305 e. The highest BCUT2D eigenvalue weighted by atomic mass is 16.5. The highest BCUT2D eigenvalue weighted by molar-refractivity contribution is 5.76. The Bertz CT molecular complexity index is 1340. The first-order valence-electron chi connectivity index (χ1n) is 35.9. The van der Waals surface area contributed by atoms with Crippen LogP contribution in [0.4, 0.5) is 0 Å². The monoisotopic (exact) mass is 1120 g/mol. The van der Waals surface area contributed by atoms with Crippen LogP contribution in [0.1, 0.15) is 386 Å². The van der Waals surface area contributed by atoms with Gasteiger partial charge in [-0.05, 0) is 89.9 Å². The van der Waals surface area contributed by atoms with Gasteiger partial charge in [0.25, 0.3) is 0 Å². The van der Waals surface area contributed by atoms with Gasteiger partial charge in [0.05, 0.1) is 25.4 Å². The maximum Gasteiger partial charge on any atom is 0.305 e. The molecular formula is C74H139NO5. The van der Waals surface area contributed by atoms with Crippen LogP contribution in [0.3, 0.4) is 0 Å². The molecule has 80 heavy (non-hydrogen) atoms. The van der Waals surface area contributed by atoms with Crippen molar-refractivity contribution in [1.82, 2.24) is 5.32 Å². The Hall–Kier alpha value is -2.18. The Balaban J connectivity index is 3.41. The van der Waals surface area contributed by atoms with Gasteiger partial charge in [0.1, 0.15) is 0 Å². The van der Waals surface area contributed by atoms with Gasteiger partial charge in [-0.3, -0.25) is 9.59 Å². The van der Waals surface area contributed by atoms with E-state index in [4.69, 9.17) is 4.74 Å². The Morgan fingerprint density at radius 1 is 0.350 bits per heavy atom. The summed E-state index contributed by atoms with van der Waals surface area (Å²) in [6.45, 7) is 4.90. The molecule has 6 heteroatoms. The number of carbonyl (C=O) groups is 2. The number of hydrogen-bond acceptors (Lipinski definition) is 5. The van der Waals surface area contributed by atoms with Crippen LogP contribution in [-0.2, 0) is 14.3 Å². The van der Waals surface area contributed by atoms with Crippen molar-refractivity contribution >= 4 is 11.9 Å². The summed E-state index contributed by atoms with van der Waals surface area (Å²) in [6, 6.07) is -0.627. The number of unbranched alkanes of at least 4 members (excludes halogenated alkanes) is 50. The number of ether oxygens (including phenoxy) is 1. The normalized spacial score (nSPS) is 12.8. The van der Waals surface area contributed by atoms with Crippen molar-refractivity contribution in [3.63, 3.8) is 0 Å². The van der Waals surface area contributed by atoms with Crippen molar-refractivity contribution in [2.24, 2.45) is 0 Å². The lowest BCUT2D eigenvalue weighted by Crippen LogP contribution is -2.45. The average molecular weight is 1120 g/mol. The van der Waals surface area contributed by atoms with Crippen molar-refractivity contribution in [2.45, 2.75) is 398 Å². The SMILES string of the molecule is CCCCC/C=C\CCCCCCCC(=O)OCCCCCCCCCCC/C=C\C/C=C\CCCCCCCCCCCCCCCCCCCC(=O)NC(CO)C(O)/C=C/CCCCCCCCCCCCCCCCCC. The molecule has 0 aromatic carbocycles.